The average molecular weight is 329 g/mol. The largest absolute Gasteiger partial charge is 0.436 e. The van der Waals surface area contributed by atoms with Crippen molar-refractivity contribution in [1.29, 1.82) is 0 Å². The highest BCUT2D eigenvalue weighted by Crippen LogP contribution is 2.14. The van der Waals surface area contributed by atoms with Crippen molar-refractivity contribution in [2.24, 2.45) is 0 Å². The number of carbonyl (C=O) groups excluding carboxylic acids is 1. The van der Waals surface area contributed by atoms with Crippen LogP contribution in [0, 0.1) is 0 Å². The van der Waals surface area contributed by atoms with Crippen molar-refractivity contribution in [3.05, 3.63) is 0 Å². The monoisotopic (exact) mass is 328 g/mol. The SMILES string of the molecule is CCCCCCCCCCCCCCCCCC(O)OC(C)=O. The molecule has 23 heavy (non-hydrogen) atoms. The Morgan fingerprint density at radius 1 is 0.739 bits per heavy atom. The maximum Gasteiger partial charge on any atom is 0.304 e. The maximum absolute atomic E-state index is 10.6. The quantitative estimate of drug-likeness (QED) is 0.198. The van der Waals surface area contributed by atoms with Gasteiger partial charge in [-0.2, -0.15) is 0 Å². The second-order valence-corrected chi connectivity index (χ2v) is 6.80. The molecule has 138 valence electrons. The first-order chi connectivity index (χ1) is 11.2. The van der Waals surface area contributed by atoms with Gasteiger partial charge in [-0.05, 0) is 6.42 Å². The van der Waals surface area contributed by atoms with E-state index in [0.29, 0.717) is 6.42 Å². The van der Waals surface area contributed by atoms with Crippen molar-refractivity contribution in [3.63, 3.8) is 0 Å². The molecule has 0 aliphatic carbocycles. The number of esters is 1. The van der Waals surface area contributed by atoms with Crippen molar-refractivity contribution in [2.45, 2.75) is 123 Å². The molecule has 0 amide bonds. The number of ether oxygens (including phenoxy) is 1. The summed E-state index contributed by atoms with van der Waals surface area (Å²) >= 11 is 0. The molecule has 0 aliphatic rings. The molecule has 0 saturated heterocycles. The zero-order valence-electron chi connectivity index (χ0n) is 15.7. The Kier molecular flexibility index (Phi) is 17.3. The van der Waals surface area contributed by atoms with Gasteiger partial charge in [0.25, 0.3) is 0 Å². The maximum atomic E-state index is 10.6. The number of hydrogen-bond acceptors (Lipinski definition) is 3. The molecule has 1 N–H and O–H groups in total. The average Bonchev–Trinajstić information content (AvgIpc) is 2.50. The van der Waals surface area contributed by atoms with Crippen molar-refractivity contribution >= 4 is 5.97 Å². The molecule has 0 rings (SSSR count). The minimum Gasteiger partial charge on any atom is -0.436 e. The molecule has 0 aromatic rings. The van der Waals surface area contributed by atoms with Gasteiger partial charge >= 0.3 is 5.97 Å². The fourth-order valence-electron chi connectivity index (χ4n) is 2.94. The summed E-state index contributed by atoms with van der Waals surface area (Å²) in [5, 5.41) is 9.38. The van der Waals surface area contributed by atoms with Gasteiger partial charge in [0.2, 0.25) is 6.29 Å². The van der Waals surface area contributed by atoms with Crippen molar-refractivity contribution in [2.75, 3.05) is 0 Å². The molecule has 0 radical (unpaired) electrons. The molecule has 0 bridgehead atoms. The molecule has 0 heterocycles. The van der Waals surface area contributed by atoms with Gasteiger partial charge < -0.3 is 9.84 Å². The van der Waals surface area contributed by atoms with E-state index in [9.17, 15) is 9.90 Å². The minimum atomic E-state index is -0.908. The van der Waals surface area contributed by atoms with E-state index >= 15 is 0 Å². The molecule has 3 heteroatoms. The number of aliphatic hydroxyl groups is 1. The van der Waals surface area contributed by atoms with E-state index in [1.165, 1.54) is 90.4 Å². The third-order valence-corrected chi connectivity index (χ3v) is 4.36. The Morgan fingerprint density at radius 3 is 1.43 bits per heavy atom. The fraction of sp³-hybridized carbons (Fsp3) is 0.950. The first-order valence-electron chi connectivity index (χ1n) is 10.0. The highest BCUT2D eigenvalue weighted by molar-refractivity contribution is 5.65. The lowest BCUT2D eigenvalue weighted by Crippen LogP contribution is -2.14. The highest BCUT2D eigenvalue weighted by Gasteiger charge is 2.05. The van der Waals surface area contributed by atoms with Crippen LogP contribution in [0.25, 0.3) is 0 Å². The summed E-state index contributed by atoms with van der Waals surface area (Å²) in [6.45, 7) is 3.60. The molecule has 0 saturated carbocycles. The van der Waals surface area contributed by atoms with Gasteiger partial charge in [-0.15, -0.1) is 0 Å². The summed E-state index contributed by atoms with van der Waals surface area (Å²) in [5.74, 6) is -0.404. The molecule has 1 atom stereocenters. The number of unbranched alkanes of at least 4 members (excludes halogenated alkanes) is 14. The first-order valence-corrected chi connectivity index (χ1v) is 10.0. The number of carbonyl (C=O) groups is 1. The zero-order valence-corrected chi connectivity index (χ0v) is 15.7. The lowest BCUT2D eigenvalue weighted by Gasteiger charge is -2.09. The Bertz CT molecular complexity index is 253. The lowest BCUT2D eigenvalue weighted by atomic mass is 10.0. The summed E-state index contributed by atoms with van der Waals surface area (Å²) in [6, 6.07) is 0. The van der Waals surface area contributed by atoms with Gasteiger partial charge in [0.15, 0.2) is 0 Å². The molecular formula is C20H40O3. The molecular weight excluding hydrogens is 288 g/mol. The summed E-state index contributed by atoms with van der Waals surface area (Å²) in [7, 11) is 0. The van der Waals surface area contributed by atoms with Crippen LogP contribution in [0.2, 0.25) is 0 Å². The standard InChI is InChI=1S/C20H40O3/c1-3-4-5-6-7-8-9-10-11-12-13-14-15-16-17-18-20(22)23-19(2)21/h20,22H,3-18H2,1-2H3. The summed E-state index contributed by atoms with van der Waals surface area (Å²) in [6.07, 6.45) is 19.6. The molecule has 0 aliphatic heterocycles. The highest BCUT2D eigenvalue weighted by atomic mass is 16.6. The van der Waals surface area contributed by atoms with Crippen LogP contribution < -0.4 is 0 Å². The van der Waals surface area contributed by atoms with E-state index in [1.807, 2.05) is 0 Å². The van der Waals surface area contributed by atoms with Crippen LogP contribution in [0.1, 0.15) is 117 Å². The number of hydrogen-bond donors (Lipinski definition) is 1. The summed E-state index contributed by atoms with van der Waals surface area (Å²) in [5.41, 5.74) is 0. The predicted octanol–water partition coefficient (Wildman–Crippen LogP) is 6.13. The van der Waals surface area contributed by atoms with E-state index in [1.54, 1.807) is 0 Å². The van der Waals surface area contributed by atoms with Crippen molar-refractivity contribution < 1.29 is 14.6 Å². The molecule has 0 aromatic heterocycles. The van der Waals surface area contributed by atoms with E-state index in [0.717, 1.165) is 12.8 Å². The van der Waals surface area contributed by atoms with Gasteiger partial charge in [0, 0.05) is 13.3 Å². The zero-order chi connectivity index (χ0) is 17.2. The van der Waals surface area contributed by atoms with Gasteiger partial charge in [0.05, 0.1) is 0 Å². The van der Waals surface area contributed by atoms with E-state index in [2.05, 4.69) is 11.7 Å². The normalized spacial score (nSPS) is 12.3. The third kappa shape index (κ3) is 19.4. The van der Waals surface area contributed by atoms with Crippen LogP contribution >= 0.6 is 0 Å². The molecule has 1 unspecified atom stereocenters. The Labute approximate surface area is 144 Å². The Morgan fingerprint density at radius 2 is 1.09 bits per heavy atom. The molecule has 0 fully saturated rings. The Hall–Kier alpha value is -0.570. The Balaban J connectivity index is 3.06. The molecule has 0 spiro atoms. The van der Waals surface area contributed by atoms with Crippen LogP contribution in [0.15, 0.2) is 0 Å². The van der Waals surface area contributed by atoms with Crippen LogP contribution in [0.3, 0.4) is 0 Å². The van der Waals surface area contributed by atoms with Crippen LogP contribution in [0.5, 0.6) is 0 Å². The second-order valence-electron chi connectivity index (χ2n) is 6.80. The van der Waals surface area contributed by atoms with Gasteiger partial charge in [-0.3, -0.25) is 4.79 Å². The minimum absolute atomic E-state index is 0.404. The van der Waals surface area contributed by atoms with E-state index < -0.39 is 12.3 Å². The van der Waals surface area contributed by atoms with Crippen molar-refractivity contribution in [1.82, 2.24) is 0 Å². The molecule has 3 nitrogen and oxygen atoms in total. The number of rotatable bonds is 17. The van der Waals surface area contributed by atoms with Crippen LogP contribution in [-0.4, -0.2) is 17.4 Å². The van der Waals surface area contributed by atoms with Gasteiger partial charge in [0.1, 0.15) is 0 Å². The number of aliphatic hydroxyl groups excluding tert-OH is 1. The second kappa shape index (κ2) is 17.8. The summed E-state index contributed by atoms with van der Waals surface area (Å²) in [4.78, 5) is 10.6. The fourth-order valence-corrected chi connectivity index (χ4v) is 2.94. The predicted molar refractivity (Wildman–Crippen MR) is 97.3 cm³/mol. The first kappa shape index (κ1) is 22.4. The van der Waals surface area contributed by atoms with Crippen LogP contribution in [-0.2, 0) is 9.53 Å². The third-order valence-electron chi connectivity index (χ3n) is 4.36. The summed E-state index contributed by atoms with van der Waals surface area (Å²) < 4.78 is 4.69. The lowest BCUT2D eigenvalue weighted by molar-refractivity contribution is -0.165. The smallest absolute Gasteiger partial charge is 0.304 e. The molecule has 0 aromatic carbocycles. The van der Waals surface area contributed by atoms with Gasteiger partial charge in [-0.25, -0.2) is 0 Å². The van der Waals surface area contributed by atoms with E-state index in [4.69, 9.17) is 0 Å². The van der Waals surface area contributed by atoms with Gasteiger partial charge in [-0.1, -0.05) is 96.8 Å². The van der Waals surface area contributed by atoms with Crippen molar-refractivity contribution in [3.8, 4) is 0 Å². The van der Waals surface area contributed by atoms with E-state index in [-0.39, 0.29) is 0 Å². The topological polar surface area (TPSA) is 46.5 Å². The van der Waals surface area contributed by atoms with Crippen LogP contribution in [0.4, 0.5) is 0 Å².